The second kappa shape index (κ2) is 9.16. The number of nitrogens with zero attached hydrogens (tertiary/aromatic N) is 2. The Hall–Kier alpha value is -2.16. The van der Waals surface area contributed by atoms with Gasteiger partial charge in [-0.15, -0.1) is 0 Å². The fourth-order valence-electron chi connectivity index (χ4n) is 2.93. The summed E-state index contributed by atoms with van der Waals surface area (Å²) in [6.07, 6.45) is 3.64. The molecule has 1 amide bonds. The van der Waals surface area contributed by atoms with Gasteiger partial charge in [-0.2, -0.15) is 5.10 Å². The van der Waals surface area contributed by atoms with Crippen molar-refractivity contribution in [1.29, 1.82) is 0 Å². The van der Waals surface area contributed by atoms with E-state index in [-0.39, 0.29) is 18.3 Å². The standard InChI is InChI=1S/C20H21FIN3O2/c1-14-10-18(25-8-4-5-9-25)16(21)11-15(14)12-23-24-20(26)13-27-19-7-3-2-6-17(19)22/h2-3,6-7,10-12H,4-5,8-9,13H2,1H3,(H,24,26)/b23-12+. The third-order valence-electron chi connectivity index (χ3n) is 4.37. The van der Waals surface area contributed by atoms with Crippen LogP contribution in [0.1, 0.15) is 24.0 Å². The summed E-state index contributed by atoms with van der Waals surface area (Å²) in [5.74, 6) is 0.00243. The van der Waals surface area contributed by atoms with Crippen LogP contribution in [0, 0.1) is 16.3 Å². The van der Waals surface area contributed by atoms with E-state index < -0.39 is 0 Å². The molecule has 1 saturated heterocycles. The van der Waals surface area contributed by atoms with Gasteiger partial charge in [0.2, 0.25) is 0 Å². The van der Waals surface area contributed by atoms with Crippen LogP contribution in [-0.4, -0.2) is 31.8 Å². The number of para-hydroxylation sites is 1. The zero-order valence-corrected chi connectivity index (χ0v) is 17.2. The number of carbonyl (C=O) groups is 1. The van der Waals surface area contributed by atoms with Crippen molar-refractivity contribution < 1.29 is 13.9 Å². The van der Waals surface area contributed by atoms with E-state index in [4.69, 9.17) is 4.74 Å². The first-order valence-corrected chi connectivity index (χ1v) is 9.87. The molecule has 0 radical (unpaired) electrons. The highest BCUT2D eigenvalue weighted by Gasteiger charge is 2.17. The summed E-state index contributed by atoms with van der Waals surface area (Å²) in [5.41, 5.74) is 4.59. The number of amides is 1. The summed E-state index contributed by atoms with van der Waals surface area (Å²) < 4.78 is 20.8. The Labute approximate surface area is 171 Å². The number of aryl methyl sites for hydroxylation is 1. The maximum atomic E-state index is 14.4. The van der Waals surface area contributed by atoms with Gasteiger partial charge in [0.15, 0.2) is 6.61 Å². The number of rotatable bonds is 6. The van der Waals surface area contributed by atoms with Gasteiger partial charge in [-0.05, 0) is 72.2 Å². The van der Waals surface area contributed by atoms with Crippen LogP contribution in [0.25, 0.3) is 0 Å². The van der Waals surface area contributed by atoms with Crippen molar-refractivity contribution in [2.75, 3.05) is 24.6 Å². The molecule has 1 aliphatic heterocycles. The van der Waals surface area contributed by atoms with Gasteiger partial charge in [0, 0.05) is 18.7 Å². The van der Waals surface area contributed by atoms with Crippen molar-refractivity contribution in [3.8, 4) is 5.75 Å². The van der Waals surface area contributed by atoms with Crippen LogP contribution in [0.5, 0.6) is 5.75 Å². The number of nitrogens with one attached hydrogen (secondary N) is 1. The van der Waals surface area contributed by atoms with Crippen LogP contribution in [0.4, 0.5) is 10.1 Å². The van der Waals surface area contributed by atoms with Crippen molar-refractivity contribution in [3.63, 3.8) is 0 Å². The quantitative estimate of drug-likeness (QED) is 0.388. The van der Waals surface area contributed by atoms with E-state index in [1.165, 1.54) is 12.3 Å². The van der Waals surface area contributed by atoms with Crippen molar-refractivity contribution in [3.05, 3.63) is 56.9 Å². The molecule has 3 rings (SSSR count). The third-order valence-corrected chi connectivity index (χ3v) is 5.26. The predicted octanol–water partition coefficient (Wildman–Crippen LogP) is 3.87. The predicted molar refractivity (Wildman–Crippen MR) is 113 cm³/mol. The van der Waals surface area contributed by atoms with Crippen molar-refractivity contribution in [2.24, 2.45) is 5.10 Å². The molecule has 2 aromatic rings. The molecule has 2 aromatic carbocycles. The van der Waals surface area contributed by atoms with Crippen LogP contribution in [0.15, 0.2) is 41.5 Å². The van der Waals surface area contributed by atoms with Crippen LogP contribution in [0.3, 0.4) is 0 Å². The number of hydrogen-bond acceptors (Lipinski definition) is 4. The van der Waals surface area contributed by atoms with E-state index in [0.717, 1.165) is 35.1 Å². The van der Waals surface area contributed by atoms with Crippen molar-refractivity contribution in [2.45, 2.75) is 19.8 Å². The number of benzene rings is 2. The molecular formula is C20H21FIN3O2. The molecule has 0 aliphatic carbocycles. The Morgan fingerprint density at radius 1 is 1.33 bits per heavy atom. The smallest absolute Gasteiger partial charge is 0.277 e. The summed E-state index contributed by atoms with van der Waals surface area (Å²) in [5, 5.41) is 3.92. The topological polar surface area (TPSA) is 53.9 Å². The second-order valence-electron chi connectivity index (χ2n) is 6.37. The number of anilines is 1. The Morgan fingerprint density at radius 2 is 2.07 bits per heavy atom. The molecule has 27 heavy (non-hydrogen) atoms. The minimum Gasteiger partial charge on any atom is -0.483 e. The molecule has 1 N–H and O–H groups in total. The highest BCUT2D eigenvalue weighted by Crippen LogP contribution is 2.26. The molecule has 1 aliphatic rings. The normalized spacial score (nSPS) is 14.0. The van der Waals surface area contributed by atoms with Gasteiger partial charge in [-0.1, -0.05) is 12.1 Å². The lowest BCUT2D eigenvalue weighted by Crippen LogP contribution is -2.24. The van der Waals surface area contributed by atoms with E-state index >= 15 is 0 Å². The molecule has 5 nitrogen and oxygen atoms in total. The van der Waals surface area contributed by atoms with Crippen LogP contribution < -0.4 is 15.1 Å². The lowest BCUT2D eigenvalue weighted by Gasteiger charge is -2.19. The summed E-state index contributed by atoms with van der Waals surface area (Å²) in [6.45, 7) is 3.54. The van der Waals surface area contributed by atoms with Crippen LogP contribution in [0.2, 0.25) is 0 Å². The molecule has 0 atom stereocenters. The maximum Gasteiger partial charge on any atom is 0.277 e. The molecule has 0 spiro atoms. The van der Waals surface area contributed by atoms with Gasteiger partial charge >= 0.3 is 0 Å². The molecule has 0 aromatic heterocycles. The van der Waals surface area contributed by atoms with Gasteiger partial charge < -0.3 is 9.64 Å². The zero-order valence-electron chi connectivity index (χ0n) is 15.0. The number of carbonyl (C=O) groups excluding carboxylic acids is 1. The van der Waals surface area contributed by atoms with E-state index in [2.05, 4.69) is 38.0 Å². The molecule has 1 heterocycles. The first-order valence-electron chi connectivity index (χ1n) is 8.79. The molecular weight excluding hydrogens is 460 g/mol. The average molecular weight is 481 g/mol. The van der Waals surface area contributed by atoms with Crippen molar-refractivity contribution in [1.82, 2.24) is 5.43 Å². The number of hydrazone groups is 1. The Kier molecular flexibility index (Phi) is 6.65. The second-order valence-corrected chi connectivity index (χ2v) is 7.53. The summed E-state index contributed by atoms with van der Waals surface area (Å²) in [6, 6.07) is 10.7. The summed E-state index contributed by atoms with van der Waals surface area (Å²) >= 11 is 2.14. The van der Waals surface area contributed by atoms with Gasteiger partial charge in [-0.25, -0.2) is 9.82 Å². The monoisotopic (exact) mass is 481 g/mol. The lowest BCUT2D eigenvalue weighted by atomic mass is 10.1. The van der Waals surface area contributed by atoms with E-state index in [1.807, 2.05) is 31.2 Å². The Morgan fingerprint density at radius 3 is 2.81 bits per heavy atom. The molecule has 1 fully saturated rings. The summed E-state index contributed by atoms with van der Waals surface area (Å²) in [7, 11) is 0. The van der Waals surface area contributed by atoms with Gasteiger partial charge in [-0.3, -0.25) is 4.79 Å². The molecule has 7 heteroatoms. The fourth-order valence-corrected chi connectivity index (χ4v) is 3.48. The minimum atomic E-state index is -0.377. The van der Waals surface area contributed by atoms with Crippen LogP contribution >= 0.6 is 22.6 Å². The lowest BCUT2D eigenvalue weighted by molar-refractivity contribution is -0.123. The highest BCUT2D eigenvalue weighted by molar-refractivity contribution is 14.1. The number of halogens is 2. The average Bonchev–Trinajstić information content (AvgIpc) is 3.18. The maximum absolute atomic E-state index is 14.4. The Bertz CT molecular complexity index is 851. The van der Waals surface area contributed by atoms with Crippen molar-refractivity contribution >= 4 is 40.4 Å². The molecule has 142 valence electrons. The summed E-state index contributed by atoms with van der Waals surface area (Å²) in [4.78, 5) is 13.9. The van der Waals surface area contributed by atoms with E-state index in [0.29, 0.717) is 17.0 Å². The van der Waals surface area contributed by atoms with Gasteiger partial charge in [0.05, 0.1) is 15.5 Å². The third kappa shape index (κ3) is 5.18. The largest absolute Gasteiger partial charge is 0.483 e. The first-order chi connectivity index (χ1) is 13.0. The van der Waals surface area contributed by atoms with E-state index in [1.54, 1.807) is 6.07 Å². The van der Waals surface area contributed by atoms with Crippen LogP contribution in [-0.2, 0) is 4.79 Å². The fraction of sp³-hybridized carbons (Fsp3) is 0.300. The molecule has 0 unspecified atom stereocenters. The minimum absolute atomic E-state index is 0.140. The molecule has 0 bridgehead atoms. The first kappa shape index (κ1) is 19.6. The van der Waals surface area contributed by atoms with E-state index in [9.17, 15) is 9.18 Å². The van der Waals surface area contributed by atoms with Gasteiger partial charge in [0.1, 0.15) is 11.6 Å². The zero-order chi connectivity index (χ0) is 19.2. The van der Waals surface area contributed by atoms with Gasteiger partial charge in [0.25, 0.3) is 5.91 Å². The Balaban J connectivity index is 1.56. The number of ether oxygens (including phenoxy) is 1. The highest BCUT2D eigenvalue weighted by atomic mass is 127. The molecule has 0 saturated carbocycles. The number of hydrogen-bond donors (Lipinski definition) is 1. The SMILES string of the molecule is Cc1cc(N2CCCC2)c(F)cc1/C=N/NC(=O)COc1ccccc1I.